The van der Waals surface area contributed by atoms with Crippen LogP contribution in [-0.4, -0.2) is 11.6 Å². The van der Waals surface area contributed by atoms with Gasteiger partial charge >= 0.3 is 0 Å². The molecule has 0 aliphatic carbocycles. The molecule has 3 aromatic rings. The molecule has 3 aromatic carbocycles. The van der Waals surface area contributed by atoms with Gasteiger partial charge in [-0.05, 0) is 92.4 Å². The second-order valence-corrected chi connectivity index (χ2v) is 9.07. The molecule has 0 atom stereocenters. The molecule has 0 bridgehead atoms. The lowest BCUT2D eigenvalue weighted by Gasteiger charge is -2.12. The monoisotopic (exact) mass is 558 g/mol. The standard InChI is InChI=1S/C24H17Br2ClN2O2/c1-15-20(24(30)29(28-15)19-9-7-18(27)8-10-19)11-17-12-21(25)23(22(26)13-17)31-14-16-5-3-2-4-6-16/h2-13H,14H2,1H3/b20-11+. The Balaban J connectivity index is 1.56. The van der Waals surface area contributed by atoms with E-state index in [1.165, 1.54) is 5.01 Å². The minimum absolute atomic E-state index is 0.184. The molecule has 4 rings (SSSR count). The molecule has 0 N–H and O–H groups in total. The maximum absolute atomic E-state index is 13.0. The summed E-state index contributed by atoms with van der Waals surface area (Å²) >= 11 is 13.1. The fraction of sp³-hybridized carbons (Fsp3) is 0.0833. The van der Waals surface area contributed by atoms with Crippen molar-refractivity contribution >= 4 is 66.8 Å². The molecule has 0 fully saturated rings. The number of carbonyl (C=O) groups excluding carboxylic acids is 1. The second-order valence-electron chi connectivity index (χ2n) is 6.92. The van der Waals surface area contributed by atoms with Crippen LogP contribution in [0.1, 0.15) is 18.1 Å². The molecule has 0 saturated heterocycles. The van der Waals surface area contributed by atoms with Crippen LogP contribution in [0.25, 0.3) is 6.08 Å². The number of hydrazone groups is 1. The minimum atomic E-state index is -0.184. The fourth-order valence-corrected chi connectivity index (χ4v) is 4.72. The van der Waals surface area contributed by atoms with Gasteiger partial charge in [-0.2, -0.15) is 10.1 Å². The van der Waals surface area contributed by atoms with Gasteiger partial charge in [-0.3, -0.25) is 4.79 Å². The van der Waals surface area contributed by atoms with E-state index in [1.54, 1.807) is 24.3 Å². The molecule has 4 nitrogen and oxygen atoms in total. The zero-order valence-electron chi connectivity index (χ0n) is 16.5. The number of rotatable bonds is 5. The predicted molar refractivity (Wildman–Crippen MR) is 133 cm³/mol. The van der Waals surface area contributed by atoms with Crippen LogP contribution in [-0.2, 0) is 11.4 Å². The normalized spacial score (nSPS) is 14.8. The predicted octanol–water partition coefficient (Wildman–Crippen LogP) is 7.25. The number of ether oxygens (including phenoxy) is 1. The quantitative estimate of drug-likeness (QED) is 0.309. The first-order valence-electron chi connectivity index (χ1n) is 9.45. The number of hydrogen-bond donors (Lipinski definition) is 0. The van der Waals surface area contributed by atoms with Crippen molar-refractivity contribution in [3.8, 4) is 5.75 Å². The van der Waals surface area contributed by atoms with Gasteiger partial charge in [-0.15, -0.1) is 0 Å². The minimum Gasteiger partial charge on any atom is -0.487 e. The van der Waals surface area contributed by atoms with Crippen molar-refractivity contribution < 1.29 is 9.53 Å². The Hall–Kier alpha value is -2.41. The molecule has 1 heterocycles. The Morgan fingerprint density at radius 2 is 1.68 bits per heavy atom. The van der Waals surface area contributed by atoms with Gasteiger partial charge in [0.25, 0.3) is 5.91 Å². The lowest BCUT2D eigenvalue weighted by atomic mass is 10.1. The summed E-state index contributed by atoms with van der Waals surface area (Å²) in [7, 11) is 0. The smallest absolute Gasteiger partial charge is 0.280 e. The van der Waals surface area contributed by atoms with Crippen molar-refractivity contribution in [2.45, 2.75) is 13.5 Å². The number of anilines is 1. The third kappa shape index (κ3) is 4.92. The van der Waals surface area contributed by atoms with Gasteiger partial charge in [0, 0.05) is 5.02 Å². The number of amides is 1. The van der Waals surface area contributed by atoms with Crippen LogP contribution < -0.4 is 9.75 Å². The largest absolute Gasteiger partial charge is 0.487 e. The summed E-state index contributed by atoms with van der Waals surface area (Å²) in [5, 5.41) is 6.41. The Morgan fingerprint density at radius 3 is 2.32 bits per heavy atom. The number of carbonyl (C=O) groups is 1. The molecule has 0 unspecified atom stereocenters. The molecule has 0 radical (unpaired) electrons. The Labute approximate surface area is 202 Å². The van der Waals surface area contributed by atoms with E-state index >= 15 is 0 Å². The highest BCUT2D eigenvalue weighted by Gasteiger charge is 2.28. The van der Waals surface area contributed by atoms with Crippen molar-refractivity contribution in [1.82, 2.24) is 0 Å². The molecule has 0 saturated carbocycles. The van der Waals surface area contributed by atoms with Crippen LogP contribution in [0.5, 0.6) is 5.75 Å². The molecule has 0 spiro atoms. The summed E-state index contributed by atoms with van der Waals surface area (Å²) in [6.07, 6.45) is 1.83. The number of halogens is 3. The number of benzene rings is 3. The molecular formula is C24H17Br2ClN2O2. The van der Waals surface area contributed by atoms with Crippen LogP contribution in [0, 0.1) is 0 Å². The molecule has 156 valence electrons. The van der Waals surface area contributed by atoms with E-state index in [9.17, 15) is 4.79 Å². The van der Waals surface area contributed by atoms with Gasteiger partial charge in [0.15, 0.2) is 0 Å². The summed E-state index contributed by atoms with van der Waals surface area (Å²) in [6, 6.07) is 20.8. The van der Waals surface area contributed by atoms with Crippen LogP contribution in [0.3, 0.4) is 0 Å². The van der Waals surface area contributed by atoms with Gasteiger partial charge in [0.2, 0.25) is 0 Å². The van der Waals surface area contributed by atoms with E-state index < -0.39 is 0 Å². The highest BCUT2D eigenvalue weighted by Crippen LogP contribution is 2.36. The van der Waals surface area contributed by atoms with E-state index in [0.29, 0.717) is 34.4 Å². The van der Waals surface area contributed by atoms with Crippen molar-refractivity contribution in [1.29, 1.82) is 0 Å². The first-order valence-corrected chi connectivity index (χ1v) is 11.4. The highest BCUT2D eigenvalue weighted by molar-refractivity contribution is 9.11. The SMILES string of the molecule is CC1=NN(c2ccc(Cl)cc2)C(=O)/C1=C/c1cc(Br)c(OCc2ccccc2)c(Br)c1. The van der Waals surface area contributed by atoms with E-state index in [-0.39, 0.29) is 5.91 Å². The summed E-state index contributed by atoms with van der Waals surface area (Å²) in [5.74, 6) is 0.522. The maximum atomic E-state index is 13.0. The Bertz CT molecular complexity index is 1170. The van der Waals surface area contributed by atoms with Crippen molar-refractivity contribution in [3.05, 3.63) is 97.4 Å². The summed E-state index contributed by atoms with van der Waals surface area (Å²) in [4.78, 5) is 13.0. The molecular weight excluding hydrogens is 544 g/mol. The number of hydrogen-bond acceptors (Lipinski definition) is 3. The fourth-order valence-electron chi connectivity index (χ4n) is 3.14. The zero-order valence-corrected chi connectivity index (χ0v) is 20.4. The average molecular weight is 561 g/mol. The first kappa shape index (κ1) is 21.8. The molecule has 31 heavy (non-hydrogen) atoms. The lowest BCUT2D eigenvalue weighted by molar-refractivity contribution is -0.114. The van der Waals surface area contributed by atoms with E-state index in [4.69, 9.17) is 16.3 Å². The zero-order chi connectivity index (χ0) is 22.0. The highest BCUT2D eigenvalue weighted by atomic mass is 79.9. The van der Waals surface area contributed by atoms with Crippen molar-refractivity contribution in [2.75, 3.05) is 5.01 Å². The van der Waals surface area contributed by atoms with Crippen LogP contribution in [0.2, 0.25) is 5.02 Å². The van der Waals surface area contributed by atoms with E-state index in [2.05, 4.69) is 37.0 Å². The maximum Gasteiger partial charge on any atom is 0.280 e. The van der Waals surface area contributed by atoms with Gasteiger partial charge in [-0.25, -0.2) is 0 Å². The molecule has 1 aliphatic heterocycles. The topological polar surface area (TPSA) is 41.9 Å². The molecule has 7 heteroatoms. The van der Waals surface area contributed by atoms with E-state index in [1.807, 2.05) is 55.5 Å². The van der Waals surface area contributed by atoms with E-state index in [0.717, 1.165) is 20.1 Å². The Morgan fingerprint density at radius 1 is 1.03 bits per heavy atom. The summed E-state index contributed by atoms with van der Waals surface area (Å²) in [6.45, 7) is 2.28. The first-order chi connectivity index (χ1) is 14.9. The third-order valence-electron chi connectivity index (χ3n) is 4.69. The van der Waals surface area contributed by atoms with Crippen LogP contribution in [0.15, 0.2) is 86.3 Å². The average Bonchev–Trinajstić information content (AvgIpc) is 3.03. The molecule has 1 amide bonds. The van der Waals surface area contributed by atoms with Gasteiger partial charge in [0.1, 0.15) is 12.4 Å². The summed E-state index contributed by atoms with van der Waals surface area (Å²) in [5.41, 5.74) is 3.78. The molecule has 0 aromatic heterocycles. The van der Waals surface area contributed by atoms with Crippen LogP contribution >= 0.6 is 43.5 Å². The van der Waals surface area contributed by atoms with Gasteiger partial charge in [0.05, 0.1) is 25.9 Å². The molecule has 1 aliphatic rings. The number of nitrogens with zero attached hydrogens (tertiary/aromatic N) is 2. The second kappa shape index (κ2) is 9.39. The van der Waals surface area contributed by atoms with Gasteiger partial charge in [-0.1, -0.05) is 41.9 Å². The Kier molecular flexibility index (Phi) is 6.60. The summed E-state index contributed by atoms with van der Waals surface area (Å²) < 4.78 is 7.56. The third-order valence-corrected chi connectivity index (χ3v) is 6.12. The lowest BCUT2D eigenvalue weighted by Crippen LogP contribution is -2.21. The van der Waals surface area contributed by atoms with Crippen molar-refractivity contribution in [3.63, 3.8) is 0 Å². The van der Waals surface area contributed by atoms with Gasteiger partial charge < -0.3 is 4.74 Å². The van der Waals surface area contributed by atoms with Crippen molar-refractivity contribution in [2.24, 2.45) is 5.10 Å². The van der Waals surface area contributed by atoms with Crippen LogP contribution in [0.4, 0.5) is 5.69 Å².